The summed E-state index contributed by atoms with van der Waals surface area (Å²) in [5, 5.41) is 17.7. The van der Waals surface area contributed by atoms with Crippen LogP contribution in [-0.4, -0.2) is 18.0 Å². The second-order valence-corrected chi connectivity index (χ2v) is 5.51. The lowest BCUT2D eigenvalue weighted by Crippen LogP contribution is -2.50. The molecule has 1 aromatic heterocycles. The standard InChI is InChI=1S/C13H17N3OS/c1-2-5-13(6-3-7-15-13)12(17)16-11-10(9-14)4-8-18-11/h4,8,15H,2-3,5-7H2,1H3,(H,16,17). The molecule has 5 heteroatoms. The molecule has 1 amide bonds. The van der Waals surface area contributed by atoms with Crippen LogP contribution < -0.4 is 10.6 Å². The van der Waals surface area contributed by atoms with Crippen LogP contribution in [-0.2, 0) is 4.79 Å². The predicted octanol–water partition coefficient (Wildman–Crippen LogP) is 2.48. The molecule has 4 nitrogen and oxygen atoms in total. The zero-order valence-electron chi connectivity index (χ0n) is 10.5. The Balaban J connectivity index is 2.13. The maximum Gasteiger partial charge on any atom is 0.245 e. The highest BCUT2D eigenvalue weighted by molar-refractivity contribution is 7.14. The normalized spacial score (nSPS) is 22.7. The molecule has 0 bridgehead atoms. The minimum Gasteiger partial charge on any atom is -0.315 e. The number of hydrogen-bond acceptors (Lipinski definition) is 4. The second-order valence-electron chi connectivity index (χ2n) is 4.59. The Morgan fingerprint density at radius 3 is 3.17 bits per heavy atom. The van der Waals surface area contributed by atoms with Gasteiger partial charge in [0.2, 0.25) is 5.91 Å². The quantitative estimate of drug-likeness (QED) is 0.877. The molecule has 96 valence electrons. The fourth-order valence-corrected chi connectivity index (χ4v) is 3.20. The monoisotopic (exact) mass is 263 g/mol. The van der Waals surface area contributed by atoms with E-state index < -0.39 is 5.54 Å². The van der Waals surface area contributed by atoms with E-state index in [1.54, 1.807) is 6.07 Å². The van der Waals surface area contributed by atoms with E-state index in [1.807, 2.05) is 5.38 Å². The average molecular weight is 263 g/mol. The van der Waals surface area contributed by atoms with Crippen LogP contribution in [0.15, 0.2) is 11.4 Å². The van der Waals surface area contributed by atoms with Crippen LogP contribution in [0.5, 0.6) is 0 Å². The van der Waals surface area contributed by atoms with E-state index in [1.165, 1.54) is 11.3 Å². The first-order chi connectivity index (χ1) is 8.72. The van der Waals surface area contributed by atoms with Gasteiger partial charge < -0.3 is 10.6 Å². The molecule has 1 aromatic rings. The zero-order valence-corrected chi connectivity index (χ0v) is 11.3. The molecule has 2 N–H and O–H groups in total. The number of rotatable bonds is 4. The number of carbonyl (C=O) groups is 1. The van der Waals surface area contributed by atoms with Gasteiger partial charge in [-0.2, -0.15) is 5.26 Å². The van der Waals surface area contributed by atoms with Gasteiger partial charge in [0.25, 0.3) is 0 Å². The van der Waals surface area contributed by atoms with Gasteiger partial charge in [-0.1, -0.05) is 13.3 Å². The van der Waals surface area contributed by atoms with Gasteiger partial charge in [-0.05, 0) is 37.3 Å². The Labute approximate surface area is 111 Å². The fraction of sp³-hybridized carbons (Fsp3) is 0.538. The Morgan fingerprint density at radius 2 is 2.56 bits per heavy atom. The molecule has 1 aliphatic rings. The van der Waals surface area contributed by atoms with Crippen molar-refractivity contribution < 1.29 is 4.79 Å². The molecule has 1 unspecified atom stereocenters. The molecule has 0 saturated carbocycles. The van der Waals surface area contributed by atoms with Crippen molar-refractivity contribution in [3.8, 4) is 6.07 Å². The van der Waals surface area contributed by atoms with E-state index >= 15 is 0 Å². The number of nitriles is 1. The van der Waals surface area contributed by atoms with Crippen LogP contribution in [0, 0.1) is 11.3 Å². The first-order valence-corrected chi connectivity index (χ1v) is 7.14. The van der Waals surface area contributed by atoms with Crippen LogP contribution >= 0.6 is 11.3 Å². The van der Waals surface area contributed by atoms with E-state index in [0.29, 0.717) is 10.6 Å². The number of anilines is 1. The average Bonchev–Trinajstić information content (AvgIpc) is 2.99. The van der Waals surface area contributed by atoms with Crippen molar-refractivity contribution in [1.29, 1.82) is 5.26 Å². The van der Waals surface area contributed by atoms with Crippen molar-refractivity contribution in [2.45, 2.75) is 38.1 Å². The lowest BCUT2D eigenvalue weighted by Gasteiger charge is -2.27. The number of nitrogens with zero attached hydrogens (tertiary/aromatic N) is 1. The number of nitrogens with one attached hydrogen (secondary N) is 2. The Kier molecular flexibility index (Phi) is 4.00. The Bertz CT molecular complexity index is 469. The Hall–Kier alpha value is -1.38. The maximum absolute atomic E-state index is 12.4. The molecule has 0 aromatic carbocycles. The predicted molar refractivity (Wildman–Crippen MR) is 72.5 cm³/mol. The molecule has 0 radical (unpaired) electrons. The van der Waals surface area contributed by atoms with Crippen molar-refractivity contribution >= 4 is 22.2 Å². The first-order valence-electron chi connectivity index (χ1n) is 6.26. The second kappa shape index (κ2) is 5.51. The van der Waals surface area contributed by atoms with Gasteiger partial charge in [0.1, 0.15) is 11.1 Å². The van der Waals surface area contributed by atoms with Gasteiger partial charge in [-0.25, -0.2) is 0 Å². The summed E-state index contributed by atoms with van der Waals surface area (Å²) in [6, 6.07) is 3.82. The summed E-state index contributed by atoms with van der Waals surface area (Å²) in [6.07, 6.45) is 3.71. The summed E-state index contributed by atoms with van der Waals surface area (Å²) in [7, 11) is 0. The van der Waals surface area contributed by atoms with Crippen LogP contribution in [0.25, 0.3) is 0 Å². The molecule has 1 fully saturated rings. The molecule has 0 spiro atoms. The molecule has 2 heterocycles. The molecule has 1 saturated heterocycles. The molecule has 1 atom stereocenters. The van der Waals surface area contributed by atoms with E-state index in [9.17, 15) is 4.79 Å². The third-order valence-corrected chi connectivity index (χ3v) is 4.20. The van der Waals surface area contributed by atoms with Crippen molar-refractivity contribution in [3.05, 3.63) is 17.0 Å². The van der Waals surface area contributed by atoms with Gasteiger partial charge in [0.15, 0.2) is 0 Å². The van der Waals surface area contributed by atoms with Gasteiger partial charge >= 0.3 is 0 Å². The highest BCUT2D eigenvalue weighted by atomic mass is 32.1. The first kappa shape index (κ1) is 13.1. The van der Waals surface area contributed by atoms with Gasteiger partial charge in [-0.15, -0.1) is 11.3 Å². The smallest absolute Gasteiger partial charge is 0.245 e. The largest absolute Gasteiger partial charge is 0.315 e. The molecule has 18 heavy (non-hydrogen) atoms. The van der Waals surface area contributed by atoms with Gasteiger partial charge in [0.05, 0.1) is 11.1 Å². The van der Waals surface area contributed by atoms with Gasteiger partial charge in [0, 0.05) is 0 Å². The summed E-state index contributed by atoms with van der Waals surface area (Å²) in [5.74, 6) is 0.000741. The molecule has 0 aliphatic carbocycles. The highest BCUT2D eigenvalue weighted by Crippen LogP contribution is 2.29. The summed E-state index contributed by atoms with van der Waals surface area (Å²) < 4.78 is 0. The van der Waals surface area contributed by atoms with Crippen molar-refractivity contribution in [2.24, 2.45) is 0 Å². The van der Waals surface area contributed by atoms with Crippen LogP contribution in [0.4, 0.5) is 5.00 Å². The number of thiophene rings is 1. The third kappa shape index (κ3) is 2.40. The van der Waals surface area contributed by atoms with Crippen LogP contribution in [0.1, 0.15) is 38.2 Å². The fourth-order valence-electron chi connectivity index (χ4n) is 2.47. The van der Waals surface area contributed by atoms with Crippen molar-refractivity contribution in [2.75, 3.05) is 11.9 Å². The third-order valence-electron chi connectivity index (χ3n) is 3.37. The van der Waals surface area contributed by atoms with Crippen molar-refractivity contribution in [3.63, 3.8) is 0 Å². The summed E-state index contributed by atoms with van der Waals surface area (Å²) in [5.41, 5.74) is 0.101. The molecular weight excluding hydrogens is 246 g/mol. The summed E-state index contributed by atoms with van der Waals surface area (Å²) in [6.45, 7) is 2.98. The zero-order chi connectivity index (χ0) is 13.0. The molecule has 1 aliphatic heterocycles. The Morgan fingerprint density at radius 1 is 1.72 bits per heavy atom. The summed E-state index contributed by atoms with van der Waals surface area (Å²) in [4.78, 5) is 12.4. The van der Waals surface area contributed by atoms with Gasteiger partial charge in [-0.3, -0.25) is 4.79 Å². The van der Waals surface area contributed by atoms with E-state index in [4.69, 9.17) is 5.26 Å². The lowest BCUT2D eigenvalue weighted by atomic mass is 9.91. The molecule has 2 rings (SSSR count). The van der Waals surface area contributed by atoms with E-state index in [-0.39, 0.29) is 5.91 Å². The SMILES string of the molecule is CCCC1(C(=O)Nc2sccc2C#N)CCCN1. The van der Waals surface area contributed by atoms with Crippen LogP contribution in [0.3, 0.4) is 0 Å². The van der Waals surface area contributed by atoms with Crippen molar-refractivity contribution in [1.82, 2.24) is 5.32 Å². The highest BCUT2D eigenvalue weighted by Gasteiger charge is 2.40. The molecular formula is C13H17N3OS. The number of hydrogen-bond donors (Lipinski definition) is 2. The maximum atomic E-state index is 12.4. The number of amides is 1. The topological polar surface area (TPSA) is 64.9 Å². The number of carbonyl (C=O) groups excluding carboxylic acids is 1. The minimum absolute atomic E-state index is 0.000741. The minimum atomic E-state index is -0.439. The van der Waals surface area contributed by atoms with E-state index in [2.05, 4.69) is 23.6 Å². The summed E-state index contributed by atoms with van der Waals surface area (Å²) >= 11 is 1.40. The van der Waals surface area contributed by atoms with Crippen LogP contribution in [0.2, 0.25) is 0 Å². The lowest BCUT2D eigenvalue weighted by molar-refractivity contribution is -0.122. The van der Waals surface area contributed by atoms with E-state index in [0.717, 1.165) is 32.2 Å².